The summed E-state index contributed by atoms with van der Waals surface area (Å²) >= 11 is 0. The van der Waals surface area contributed by atoms with Crippen LogP contribution in [0.4, 0.5) is 0 Å². The van der Waals surface area contributed by atoms with Gasteiger partial charge in [-0.1, -0.05) is 68.0 Å². The molecule has 2 aliphatic carbocycles. The van der Waals surface area contributed by atoms with Crippen LogP contribution in [0.1, 0.15) is 37.8 Å². The average molecular weight is 434 g/mol. The van der Waals surface area contributed by atoms with Gasteiger partial charge in [-0.05, 0) is 87.5 Å². The lowest BCUT2D eigenvalue weighted by Crippen LogP contribution is -2.17. The summed E-state index contributed by atoms with van der Waals surface area (Å²) in [6, 6.07) is 29.0. The van der Waals surface area contributed by atoms with Crippen LogP contribution in [0.2, 0.25) is 0 Å². The highest BCUT2D eigenvalue weighted by molar-refractivity contribution is 6.28. The van der Waals surface area contributed by atoms with Crippen molar-refractivity contribution in [3.63, 3.8) is 0 Å². The van der Waals surface area contributed by atoms with E-state index in [0.29, 0.717) is 0 Å². The molecule has 0 spiro atoms. The summed E-state index contributed by atoms with van der Waals surface area (Å²) in [5.41, 5.74) is 8.41. The SMILES string of the molecule is CC1(C)C2=C(C=CCC2)c2cc3c(cc21)[nH]c1cc2c4c#cccc4c4ccccc4c2cc13. The van der Waals surface area contributed by atoms with Crippen LogP contribution in [0.5, 0.6) is 0 Å². The fourth-order valence-electron chi connectivity index (χ4n) is 6.67. The molecule has 160 valence electrons. The molecule has 5 aromatic carbocycles. The maximum absolute atomic E-state index is 3.77. The van der Waals surface area contributed by atoms with E-state index in [9.17, 15) is 0 Å². The normalized spacial score (nSPS) is 16.6. The third kappa shape index (κ3) is 2.17. The molecule has 6 aromatic rings. The first-order valence-corrected chi connectivity index (χ1v) is 12.2. The quantitative estimate of drug-likeness (QED) is 0.230. The van der Waals surface area contributed by atoms with Crippen molar-refractivity contribution in [2.75, 3.05) is 0 Å². The Morgan fingerprint density at radius 2 is 1.59 bits per heavy atom. The zero-order valence-electron chi connectivity index (χ0n) is 19.3. The van der Waals surface area contributed by atoms with E-state index in [1.54, 1.807) is 5.57 Å². The number of allylic oxidation sites excluding steroid dienone is 4. The van der Waals surface area contributed by atoms with Gasteiger partial charge in [-0.25, -0.2) is 0 Å². The van der Waals surface area contributed by atoms with E-state index in [4.69, 9.17) is 0 Å². The number of rotatable bonds is 0. The van der Waals surface area contributed by atoms with E-state index in [-0.39, 0.29) is 5.41 Å². The zero-order valence-corrected chi connectivity index (χ0v) is 19.3. The number of benzene rings is 4. The molecule has 1 heterocycles. The predicted octanol–water partition coefficient (Wildman–Crippen LogP) is 8.78. The molecule has 0 saturated carbocycles. The number of nitrogens with one attached hydrogen (secondary N) is 1. The van der Waals surface area contributed by atoms with Crippen molar-refractivity contribution in [2.45, 2.75) is 32.1 Å². The van der Waals surface area contributed by atoms with Gasteiger partial charge in [0, 0.05) is 38.0 Å². The second kappa shape index (κ2) is 6.10. The monoisotopic (exact) mass is 433 g/mol. The van der Waals surface area contributed by atoms with Crippen LogP contribution in [0.25, 0.3) is 59.7 Å². The van der Waals surface area contributed by atoms with Gasteiger partial charge in [-0.2, -0.15) is 0 Å². The van der Waals surface area contributed by atoms with E-state index in [2.05, 4.69) is 97.7 Å². The highest BCUT2D eigenvalue weighted by Crippen LogP contribution is 2.51. The molecule has 0 unspecified atom stereocenters. The fourth-order valence-corrected chi connectivity index (χ4v) is 6.67. The Balaban J connectivity index is 1.52. The average Bonchev–Trinajstić information content (AvgIpc) is 3.34. The van der Waals surface area contributed by atoms with E-state index < -0.39 is 0 Å². The third-order valence-corrected chi connectivity index (χ3v) is 8.34. The van der Waals surface area contributed by atoms with Crippen molar-refractivity contribution in [3.05, 3.63) is 102 Å². The maximum Gasteiger partial charge on any atom is 0.0471 e. The summed E-state index contributed by atoms with van der Waals surface area (Å²) in [6.07, 6.45) is 7.01. The van der Waals surface area contributed by atoms with Crippen LogP contribution in [-0.4, -0.2) is 4.98 Å². The van der Waals surface area contributed by atoms with Crippen LogP contribution in [-0.2, 0) is 5.41 Å². The molecule has 8 rings (SSSR count). The first-order chi connectivity index (χ1) is 16.6. The lowest BCUT2D eigenvalue weighted by atomic mass is 9.78. The van der Waals surface area contributed by atoms with Crippen molar-refractivity contribution in [3.8, 4) is 0 Å². The fraction of sp³-hybridized carbons (Fsp3) is 0.152. The first-order valence-electron chi connectivity index (χ1n) is 12.2. The summed E-state index contributed by atoms with van der Waals surface area (Å²) in [6.45, 7) is 4.78. The molecule has 0 radical (unpaired) electrons. The molecule has 0 aliphatic heterocycles. The van der Waals surface area contributed by atoms with Crippen LogP contribution in [0.15, 0.2) is 78.4 Å². The topological polar surface area (TPSA) is 15.8 Å². The van der Waals surface area contributed by atoms with Gasteiger partial charge in [0.1, 0.15) is 0 Å². The highest BCUT2D eigenvalue weighted by atomic mass is 14.7. The Labute approximate surface area is 198 Å². The van der Waals surface area contributed by atoms with Crippen molar-refractivity contribution >= 4 is 59.7 Å². The van der Waals surface area contributed by atoms with E-state index in [1.165, 1.54) is 71.9 Å². The van der Waals surface area contributed by atoms with Gasteiger partial charge < -0.3 is 4.98 Å². The van der Waals surface area contributed by atoms with Gasteiger partial charge in [0.2, 0.25) is 0 Å². The first kappa shape index (κ1) is 18.4. The van der Waals surface area contributed by atoms with Gasteiger partial charge in [0.15, 0.2) is 0 Å². The number of aromatic amines is 1. The molecule has 1 nitrogen and oxygen atoms in total. The van der Waals surface area contributed by atoms with Crippen molar-refractivity contribution < 1.29 is 0 Å². The Hall–Kier alpha value is -4.02. The maximum atomic E-state index is 3.77. The number of aromatic nitrogens is 1. The molecule has 1 N–H and O–H groups in total. The molecule has 0 amide bonds. The van der Waals surface area contributed by atoms with E-state index in [0.717, 1.165) is 11.8 Å². The molecule has 0 bridgehead atoms. The second-order valence-corrected chi connectivity index (χ2v) is 10.4. The van der Waals surface area contributed by atoms with Crippen molar-refractivity contribution in [1.82, 2.24) is 4.98 Å². The lowest BCUT2D eigenvalue weighted by molar-refractivity contribution is 0.608. The van der Waals surface area contributed by atoms with Crippen LogP contribution in [0.3, 0.4) is 0 Å². The zero-order chi connectivity index (χ0) is 22.6. The largest absolute Gasteiger partial charge is 0.354 e. The van der Waals surface area contributed by atoms with E-state index >= 15 is 0 Å². The van der Waals surface area contributed by atoms with Gasteiger partial charge in [-0.15, -0.1) is 0 Å². The predicted molar refractivity (Wildman–Crippen MR) is 144 cm³/mol. The summed E-state index contributed by atoms with van der Waals surface area (Å²) < 4.78 is 0. The van der Waals surface area contributed by atoms with E-state index in [1.807, 2.05) is 6.07 Å². The number of H-pyrrole nitrogens is 1. The summed E-state index contributed by atoms with van der Waals surface area (Å²) in [5.74, 6) is 0. The Morgan fingerprint density at radius 3 is 2.47 bits per heavy atom. The number of hydrogen-bond acceptors (Lipinski definition) is 0. The minimum Gasteiger partial charge on any atom is -0.354 e. The Morgan fingerprint density at radius 1 is 0.794 bits per heavy atom. The van der Waals surface area contributed by atoms with Gasteiger partial charge in [0.05, 0.1) is 0 Å². The summed E-state index contributed by atoms with van der Waals surface area (Å²) in [5, 5.41) is 10.1. The molecular weight excluding hydrogens is 410 g/mol. The smallest absolute Gasteiger partial charge is 0.0471 e. The molecule has 1 aromatic heterocycles. The molecular formula is C33H23N. The summed E-state index contributed by atoms with van der Waals surface area (Å²) in [4.78, 5) is 3.77. The van der Waals surface area contributed by atoms with Crippen LogP contribution < -0.4 is 0 Å². The number of fused-ring (bicyclic) bond motifs is 11. The van der Waals surface area contributed by atoms with Crippen LogP contribution in [0, 0.1) is 12.1 Å². The molecule has 34 heavy (non-hydrogen) atoms. The summed E-state index contributed by atoms with van der Waals surface area (Å²) in [7, 11) is 0. The lowest BCUT2D eigenvalue weighted by Gasteiger charge is -2.25. The second-order valence-electron chi connectivity index (χ2n) is 10.4. The Kier molecular flexibility index (Phi) is 3.30. The van der Waals surface area contributed by atoms with Gasteiger partial charge in [-0.3, -0.25) is 0 Å². The minimum atomic E-state index is 0.0861. The van der Waals surface area contributed by atoms with Crippen molar-refractivity contribution in [1.29, 1.82) is 0 Å². The number of hydrogen-bond donors (Lipinski definition) is 1. The Bertz CT molecular complexity index is 1920. The third-order valence-electron chi connectivity index (χ3n) is 8.34. The molecule has 2 aliphatic rings. The molecule has 0 fully saturated rings. The standard InChI is InChI=1S/C33H23N/c1-33(2)29-14-8-7-13-23(29)26-16-28-27-15-24-21-11-5-3-9-19(21)20-10-4-6-12-22(20)25(24)17-31(27)34-32(28)18-30(26)33/h3-5,7,9-11,13,15-18,34H,8,14H2,1-2H3. The van der Waals surface area contributed by atoms with Crippen LogP contribution >= 0.6 is 0 Å². The molecule has 0 atom stereocenters. The minimum absolute atomic E-state index is 0.0861. The van der Waals surface area contributed by atoms with Gasteiger partial charge >= 0.3 is 0 Å². The highest BCUT2D eigenvalue weighted by Gasteiger charge is 2.37. The molecule has 0 saturated heterocycles. The van der Waals surface area contributed by atoms with Crippen molar-refractivity contribution in [2.24, 2.45) is 0 Å². The van der Waals surface area contributed by atoms with Gasteiger partial charge in [0.25, 0.3) is 0 Å². The molecule has 1 heteroatoms.